The van der Waals surface area contributed by atoms with Crippen molar-refractivity contribution >= 4 is 17.5 Å². The molecular formula is C18H18N4O2. The van der Waals surface area contributed by atoms with Crippen LogP contribution in [-0.2, 0) is 0 Å². The van der Waals surface area contributed by atoms with Crippen LogP contribution in [0.15, 0.2) is 42.5 Å². The first kappa shape index (κ1) is 15.8. The van der Waals surface area contributed by atoms with Crippen molar-refractivity contribution in [2.24, 2.45) is 0 Å². The number of carboxylic acids is 1. The number of anilines is 2. The number of para-hydroxylation sites is 1. The fourth-order valence-electron chi connectivity index (χ4n) is 2.95. The molecule has 0 unspecified atom stereocenters. The van der Waals surface area contributed by atoms with Crippen molar-refractivity contribution in [3.05, 3.63) is 53.7 Å². The Morgan fingerprint density at radius 2 is 1.79 bits per heavy atom. The van der Waals surface area contributed by atoms with Crippen LogP contribution in [0, 0.1) is 11.3 Å². The summed E-state index contributed by atoms with van der Waals surface area (Å²) >= 11 is 0. The van der Waals surface area contributed by atoms with Crippen LogP contribution in [0.5, 0.6) is 0 Å². The zero-order chi connectivity index (χ0) is 16.9. The summed E-state index contributed by atoms with van der Waals surface area (Å²) in [5, 5.41) is 18.4. The van der Waals surface area contributed by atoms with E-state index in [1.54, 1.807) is 6.07 Å². The molecule has 0 aliphatic carbocycles. The molecule has 1 saturated heterocycles. The number of aromatic nitrogens is 1. The van der Waals surface area contributed by atoms with E-state index < -0.39 is 5.97 Å². The van der Waals surface area contributed by atoms with E-state index in [0.29, 0.717) is 11.4 Å². The van der Waals surface area contributed by atoms with Gasteiger partial charge in [0.15, 0.2) is 5.69 Å². The fourth-order valence-corrected chi connectivity index (χ4v) is 2.95. The highest BCUT2D eigenvalue weighted by molar-refractivity contribution is 5.85. The molecule has 0 spiro atoms. The third-order valence-electron chi connectivity index (χ3n) is 4.14. The van der Waals surface area contributed by atoms with Crippen LogP contribution in [0.2, 0.25) is 0 Å². The van der Waals surface area contributed by atoms with E-state index in [-0.39, 0.29) is 5.69 Å². The van der Waals surface area contributed by atoms with Crippen LogP contribution in [0.1, 0.15) is 22.5 Å². The van der Waals surface area contributed by atoms with Gasteiger partial charge in [-0.25, -0.2) is 9.78 Å². The zero-order valence-corrected chi connectivity index (χ0v) is 13.2. The molecule has 0 saturated carbocycles. The number of benzene rings is 1. The Labute approximate surface area is 140 Å². The smallest absolute Gasteiger partial charge is 0.354 e. The number of hydrogen-bond donors (Lipinski definition) is 1. The van der Waals surface area contributed by atoms with Gasteiger partial charge in [0.1, 0.15) is 11.9 Å². The summed E-state index contributed by atoms with van der Waals surface area (Å²) in [6.07, 6.45) is 0.915. The fraction of sp³-hybridized carbons (Fsp3) is 0.278. The lowest BCUT2D eigenvalue weighted by Gasteiger charge is -2.25. The Balaban J connectivity index is 1.77. The number of rotatable bonds is 3. The van der Waals surface area contributed by atoms with Gasteiger partial charge in [0.05, 0.1) is 11.3 Å². The summed E-state index contributed by atoms with van der Waals surface area (Å²) in [5.74, 6) is -0.332. The van der Waals surface area contributed by atoms with Crippen LogP contribution >= 0.6 is 0 Å². The van der Waals surface area contributed by atoms with Crippen LogP contribution in [0.3, 0.4) is 0 Å². The van der Waals surface area contributed by atoms with Gasteiger partial charge in [-0.3, -0.25) is 0 Å². The molecule has 1 N–H and O–H groups in total. The topological polar surface area (TPSA) is 80.5 Å². The van der Waals surface area contributed by atoms with E-state index >= 15 is 0 Å². The molecule has 0 amide bonds. The number of nitrogens with zero attached hydrogens (tertiary/aromatic N) is 4. The number of aromatic carboxylic acids is 1. The van der Waals surface area contributed by atoms with Crippen molar-refractivity contribution in [1.82, 2.24) is 4.98 Å². The highest BCUT2D eigenvalue weighted by atomic mass is 16.4. The van der Waals surface area contributed by atoms with Crippen LogP contribution < -0.4 is 9.80 Å². The van der Waals surface area contributed by atoms with Gasteiger partial charge >= 0.3 is 5.97 Å². The molecule has 1 aliphatic rings. The summed E-state index contributed by atoms with van der Waals surface area (Å²) in [4.78, 5) is 19.6. The van der Waals surface area contributed by atoms with Crippen LogP contribution in [0.4, 0.5) is 11.5 Å². The van der Waals surface area contributed by atoms with E-state index in [1.807, 2.05) is 30.3 Å². The van der Waals surface area contributed by atoms with Crippen molar-refractivity contribution in [3.8, 4) is 6.07 Å². The second-order valence-corrected chi connectivity index (χ2v) is 5.64. The first-order valence-corrected chi connectivity index (χ1v) is 7.88. The van der Waals surface area contributed by atoms with Gasteiger partial charge in [-0.2, -0.15) is 5.26 Å². The Morgan fingerprint density at radius 3 is 2.58 bits per heavy atom. The third-order valence-corrected chi connectivity index (χ3v) is 4.14. The second kappa shape index (κ2) is 7.01. The molecule has 2 heterocycles. The van der Waals surface area contributed by atoms with Crippen LogP contribution in [-0.4, -0.2) is 42.2 Å². The molecule has 0 bridgehead atoms. The highest BCUT2D eigenvalue weighted by Gasteiger charge is 2.19. The normalized spacial score (nSPS) is 14.8. The van der Waals surface area contributed by atoms with Gasteiger partial charge < -0.3 is 14.9 Å². The summed E-state index contributed by atoms with van der Waals surface area (Å²) in [7, 11) is 0. The Kier molecular flexibility index (Phi) is 4.62. The van der Waals surface area contributed by atoms with Gasteiger partial charge in [-0.05, 0) is 30.7 Å². The van der Waals surface area contributed by atoms with Crippen molar-refractivity contribution in [3.63, 3.8) is 0 Å². The molecule has 3 rings (SSSR count). The first-order valence-electron chi connectivity index (χ1n) is 7.88. The third kappa shape index (κ3) is 3.30. The molecule has 24 heavy (non-hydrogen) atoms. The standard InChI is InChI=1S/C18H18N4O2/c19-13-14-5-1-2-7-16(14)21-9-4-10-22(12-11-21)17-8-3-6-15(20-17)18(23)24/h1-3,5-8H,4,9-12H2,(H,23,24). The van der Waals surface area contributed by atoms with E-state index in [0.717, 1.165) is 38.3 Å². The molecule has 2 aromatic rings. The Bertz CT molecular complexity index is 785. The van der Waals surface area contributed by atoms with Gasteiger partial charge in [-0.15, -0.1) is 0 Å². The quantitative estimate of drug-likeness (QED) is 0.934. The monoisotopic (exact) mass is 322 g/mol. The summed E-state index contributed by atoms with van der Waals surface area (Å²) in [6, 6.07) is 14.9. The van der Waals surface area contributed by atoms with E-state index in [2.05, 4.69) is 20.9 Å². The number of hydrogen-bond acceptors (Lipinski definition) is 5. The summed E-state index contributed by atoms with van der Waals surface area (Å²) in [5.41, 5.74) is 1.69. The van der Waals surface area contributed by atoms with Gasteiger partial charge in [-0.1, -0.05) is 18.2 Å². The van der Waals surface area contributed by atoms with Gasteiger partial charge in [0.25, 0.3) is 0 Å². The average molecular weight is 322 g/mol. The molecule has 122 valence electrons. The molecule has 0 atom stereocenters. The minimum Gasteiger partial charge on any atom is -0.477 e. The maximum atomic E-state index is 11.1. The lowest BCUT2D eigenvalue weighted by atomic mass is 10.1. The maximum absolute atomic E-state index is 11.1. The lowest BCUT2D eigenvalue weighted by molar-refractivity contribution is 0.0690. The maximum Gasteiger partial charge on any atom is 0.354 e. The van der Waals surface area contributed by atoms with Gasteiger partial charge in [0.2, 0.25) is 0 Å². The van der Waals surface area contributed by atoms with E-state index in [1.165, 1.54) is 6.07 Å². The van der Waals surface area contributed by atoms with Gasteiger partial charge in [0, 0.05) is 26.2 Å². The minimum atomic E-state index is -1.02. The molecule has 1 aromatic carbocycles. The Hall–Kier alpha value is -3.07. The predicted octanol–water partition coefficient (Wildman–Crippen LogP) is 2.37. The molecule has 6 heteroatoms. The minimum absolute atomic E-state index is 0.0587. The average Bonchev–Trinajstić information content (AvgIpc) is 2.88. The number of carbonyl (C=O) groups is 1. The summed E-state index contributed by atoms with van der Waals surface area (Å²) in [6.45, 7) is 3.16. The molecule has 1 aliphatic heterocycles. The van der Waals surface area contributed by atoms with Crippen molar-refractivity contribution < 1.29 is 9.90 Å². The zero-order valence-electron chi connectivity index (χ0n) is 13.2. The van der Waals surface area contributed by atoms with Crippen molar-refractivity contribution in [2.75, 3.05) is 36.0 Å². The van der Waals surface area contributed by atoms with Crippen LogP contribution in [0.25, 0.3) is 0 Å². The molecule has 6 nitrogen and oxygen atoms in total. The second-order valence-electron chi connectivity index (χ2n) is 5.64. The molecule has 1 fully saturated rings. The van der Waals surface area contributed by atoms with Crippen molar-refractivity contribution in [2.45, 2.75) is 6.42 Å². The summed E-state index contributed by atoms with van der Waals surface area (Å²) < 4.78 is 0. The number of carboxylic acid groups (broad SMARTS) is 1. The number of pyridine rings is 1. The molecule has 1 aromatic heterocycles. The van der Waals surface area contributed by atoms with E-state index in [4.69, 9.17) is 5.11 Å². The SMILES string of the molecule is N#Cc1ccccc1N1CCCN(c2cccc(C(=O)O)n2)CC1. The first-order chi connectivity index (χ1) is 11.7. The number of nitriles is 1. The molecule has 0 radical (unpaired) electrons. The lowest BCUT2D eigenvalue weighted by Crippen LogP contribution is -2.31. The predicted molar refractivity (Wildman–Crippen MR) is 91.4 cm³/mol. The largest absolute Gasteiger partial charge is 0.477 e. The highest BCUT2D eigenvalue weighted by Crippen LogP contribution is 2.22. The van der Waals surface area contributed by atoms with E-state index in [9.17, 15) is 10.1 Å². The Morgan fingerprint density at radius 1 is 1.04 bits per heavy atom. The van der Waals surface area contributed by atoms with Crippen molar-refractivity contribution in [1.29, 1.82) is 5.26 Å². The molecular weight excluding hydrogens is 304 g/mol.